The highest BCUT2D eigenvalue weighted by molar-refractivity contribution is 5.51. The van der Waals surface area contributed by atoms with Crippen LogP contribution in [0, 0.1) is 12.3 Å². The second-order valence-corrected chi connectivity index (χ2v) is 7.31. The molecule has 1 aliphatic carbocycles. The number of aryl methyl sites for hydroxylation is 1. The molecule has 23 heavy (non-hydrogen) atoms. The SMILES string of the molecule is CC[C@@]1(C)C2=C(C=CC=CC2)Oc2ccc(C)cc2[C@]1(C)CC. The van der Waals surface area contributed by atoms with Crippen LogP contribution in [-0.4, -0.2) is 0 Å². The second kappa shape index (κ2) is 5.70. The first-order chi connectivity index (χ1) is 11.0. The van der Waals surface area contributed by atoms with Crippen molar-refractivity contribution in [2.24, 2.45) is 5.41 Å². The standard InChI is InChI=1S/C22H28O/c1-6-21(4)17-11-9-8-10-12-19(17)23-20-14-13-16(3)15-18(20)22(21,5)7-2/h8-10,12-15H,6-7,11H2,1-5H3/t21-,22-/m0/s1. The van der Waals surface area contributed by atoms with Crippen molar-refractivity contribution in [3.63, 3.8) is 0 Å². The lowest BCUT2D eigenvalue weighted by Crippen LogP contribution is -2.42. The Labute approximate surface area is 140 Å². The van der Waals surface area contributed by atoms with Crippen LogP contribution in [-0.2, 0) is 5.41 Å². The topological polar surface area (TPSA) is 9.23 Å². The van der Waals surface area contributed by atoms with E-state index in [1.807, 2.05) is 0 Å². The van der Waals surface area contributed by atoms with Gasteiger partial charge in [0.15, 0.2) is 0 Å². The minimum atomic E-state index is 0.0617. The molecule has 0 aromatic heterocycles. The summed E-state index contributed by atoms with van der Waals surface area (Å²) in [6.07, 6.45) is 11.8. The molecular weight excluding hydrogens is 280 g/mol. The molecule has 0 radical (unpaired) electrons. The van der Waals surface area contributed by atoms with Crippen molar-refractivity contribution in [3.05, 3.63) is 65.0 Å². The molecular formula is C22H28O. The molecule has 0 bridgehead atoms. The molecule has 1 heteroatoms. The molecule has 2 aliphatic rings. The summed E-state index contributed by atoms with van der Waals surface area (Å²) >= 11 is 0. The lowest BCUT2D eigenvalue weighted by Gasteiger charge is -2.47. The molecule has 0 saturated heterocycles. The summed E-state index contributed by atoms with van der Waals surface area (Å²) in [4.78, 5) is 0. The number of hydrogen-bond donors (Lipinski definition) is 0. The Bertz CT molecular complexity index is 707. The largest absolute Gasteiger partial charge is 0.457 e. The molecule has 0 unspecified atom stereocenters. The van der Waals surface area contributed by atoms with E-state index in [-0.39, 0.29) is 10.8 Å². The van der Waals surface area contributed by atoms with Gasteiger partial charge in [-0.1, -0.05) is 63.6 Å². The van der Waals surface area contributed by atoms with Crippen molar-refractivity contribution in [1.82, 2.24) is 0 Å². The summed E-state index contributed by atoms with van der Waals surface area (Å²) in [5, 5.41) is 0. The smallest absolute Gasteiger partial charge is 0.131 e. The van der Waals surface area contributed by atoms with Crippen LogP contribution in [0.5, 0.6) is 5.75 Å². The van der Waals surface area contributed by atoms with Gasteiger partial charge in [0.25, 0.3) is 0 Å². The molecule has 1 aromatic rings. The summed E-state index contributed by atoms with van der Waals surface area (Å²) in [5.41, 5.74) is 4.23. The zero-order chi connectivity index (χ0) is 16.7. The number of fused-ring (bicyclic) bond motifs is 1. The first kappa shape index (κ1) is 16.1. The van der Waals surface area contributed by atoms with Gasteiger partial charge >= 0.3 is 0 Å². The highest BCUT2D eigenvalue weighted by Crippen LogP contribution is 2.57. The second-order valence-electron chi connectivity index (χ2n) is 7.31. The van der Waals surface area contributed by atoms with Crippen LogP contribution in [0.4, 0.5) is 0 Å². The molecule has 0 spiro atoms. The fourth-order valence-corrected chi connectivity index (χ4v) is 4.30. The monoisotopic (exact) mass is 308 g/mol. The molecule has 0 amide bonds. The maximum atomic E-state index is 6.44. The Morgan fingerprint density at radius 1 is 1.04 bits per heavy atom. The summed E-state index contributed by atoms with van der Waals surface area (Å²) in [5.74, 6) is 2.07. The first-order valence-corrected chi connectivity index (χ1v) is 8.82. The van der Waals surface area contributed by atoms with Gasteiger partial charge in [0.1, 0.15) is 11.5 Å². The third-order valence-electron chi connectivity index (χ3n) is 6.36. The summed E-state index contributed by atoms with van der Waals surface area (Å²) < 4.78 is 6.44. The number of allylic oxidation sites excluding steroid dienone is 5. The predicted molar refractivity (Wildman–Crippen MR) is 97.8 cm³/mol. The van der Waals surface area contributed by atoms with Crippen LogP contribution >= 0.6 is 0 Å². The zero-order valence-corrected chi connectivity index (χ0v) is 15.1. The molecule has 0 N–H and O–H groups in total. The van der Waals surface area contributed by atoms with E-state index in [1.54, 1.807) is 0 Å². The first-order valence-electron chi connectivity index (χ1n) is 8.82. The van der Waals surface area contributed by atoms with Gasteiger partial charge < -0.3 is 4.74 Å². The Hall–Kier alpha value is -1.76. The van der Waals surface area contributed by atoms with E-state index in [1.165, 1.54) is 16.7 Å². The third kappa shape index (κ3) is 2.29. The predicted octanol–water partition coefficient (Wildman–Crippen LogP) is 6.24. The van der Waals surface area contributed by atoms with Gasteiger partial charge in [0.05, 0.1) is 0 Å². The Kier molecular flexibility index (Phi) is 4.00. The van der Waals surface area contributed by atoms with E-state index < -0.39 is 0 Å². The van der Waals surface area contributed by atoms with Gasteiger partial charge in [0, 0.05) is 16.4 Å². The van der Waals surface area contributed by atoms with Gasteiger partial charge in [0.2, 0.25) is 0 Å². The Balaban J connectivity index is 2.33. The fraction of sp³-hybridized carbons (Fsp3) is 0.455. The van der Waals surface area contributed by atoms with Crippen molar-refractivity contribution in [2.75, 3.05) is 0 Å². The van der Waals surface area contributed by atoms with Gasteiger partial charge in [-0.15, -0.1) is 0 Å². The van der Waals surface area contributed by atoms with Crippen molar-refractivity contribution < 1.29 is 4.74 Å². The zero-order valence-electron chi connectivity index (χ0n) is 15.1. The van der Waals surface area contributed by atoms with Crippen LogP contribution in [0.2, 0.25) is 0 Å². The number of ether oxygens (including phenoxy) is 1. The van der Waals surface area contributed by atoms with Crippen LogP contribution in [0.3, 0.4) is 0 Å². The van der Waals surface area contributed by atoms with E-state index in [0.717, 1.165) is 30.8 Å². The Morgan fingerprint density at radius 3 is 2.48 bits per heavy atom. The fourth-order valence-electron chi connectivity index (χ4n) is 4.30. The van der Waals surface area contributed by atoms with E-state index in [0.29, 0.717) is 0 Å². The quantitative estimate of drug-likeness (QED) is 0.628. The van der Waals surface area contributed by atoms with Crippen LogP contribution in [0.1, 0.15) is 58.1 Å². The molecule has 1 nitrogen and oxygen atoms in total. The van der Waals surface area contributed by atoms with Crippen molar-refractivity contribution in [3.8, 4) is 5.75 Å². The summed E-state index contributed by atoms with van der Waals surface area (Å²) in [7, 11) is 0. The van der Waals surface area contributed by atoms with Gasteiger partial charge in [-0.05, 0) is 43.9 Å². The van der Waals surface area contributed by atoms with E-state index in [4.69, 9.17) is 4.74 Å². The van der Waals surface area contributed by atoms with Gasteiger partial charge in [-0.2, -0.15) is 0 Å². The van der Waals surface area contributed by atoms with Crippen molar-refractivity contribution in [1.29, 1.82) is 0 Å². The van der Waals surface area contributed by atoms with E-state index >= 15 is 0 Å². The molecule has 0 fully saturated rings. The highest BCUT2D eigenvalue weighted by atomic mass is 16.5. The third-order valence-corrected chi connectivity index (χ3v) is 6.36. The summed E-state index contributed by atoms with van der Waals surface area (Å²) in [6.45, 7) is 11.7. The van der Waals surface area contributed by atoms with Crippen LogP contribution < -0.4 is 4.74 Å². The molecule has 0 saturated carbocycles. The molecule has 2 atom stereocenters. The maximum Gasteiger partial charge on any atom is 0.131 e. The number of hydrogen-bond acceptors (Lipinski definition) is 1. The minimum absolute atomic E-state index is 0.0617. The van der Waals surface area contributed by atoms with Crippen molar-refractivity contribution >= 4 is 0 Å². The van der Waals surface area contributed by atoms with Crippen LogP contribution in [0.15, 0.2) is 53.8 Å². The normalized spacial score (nSPS) is 29.4. The Morgan fingerprint density at radius 2 is 1.78 bits per heavy atom. The molecule has 1 aromatic carbocycles. The average molecular weight is 308 g/mol. The highest BCUT2D eigenvalue weighted by Gasteiger charge is 2.49. The number of rotatable bonds is 2. The molecule has 1 aliphatic heterocycles. The van der Waals surface area contributed by atoms with Gasteiger partial charge in [-0.3, -0.25) is 0 Å². The average Bonchev–Trinajstić information content (AvgIpc) is 2.83. The lowest BCUT2D eigenvalue weighted by atomic mass is 9.55. The van der Waals surface area contributed by atoms with Crippen LogP contribution in [0.25, 0.3) is 0 Å². The molecule has 3 rings (SSSR count). The van der Waals surface area contributed by atoms with E-state index in [9.17, 15) is 0 Å². The molecule has 1 heterocycles. The van der Waals surface area contributed by atoms with Gasteiger partial charge in [-0.25, -0.2) is 0 Å². The summed E-state index contributed by atoms with van der Waals surface area (Å²) in [6, 6.07) is 6.64. The molecule has 122 valence electrons. The number of benzene rings is 1. The van der Waals surface area contributed by atoms with Crippen molar-refractivity contribution in [2.45, 2.75) is 59.3 Å². The van der Waals surface area contributed by atoms with E-state index in [2.05, 4.69) is 77.1 Å². The lowest BCUT2D eigenvalue weighted by molar-refractivity contribution is 0.183. The minimum Gasteiger partial charge on any atom is -0.457 e. The maximum absolute atomic E-state index is 6.44.